The van der Waals surface area contributed by atoms with E-state index in [4.69, 9.17) is 13.9 Å². The maximum atomic E-state index is 12.4. The van der Waals surface area contributed by atoms with Crippen molar-refractivity contribution in [3.8, 4) is 11.5 Å². The van der Waals surface area contributed by atoms with Gasteiger partial charge in [-0.25, -0.2) is 8.42 Å². The molecule has 2 aliphatic heterocycles. The Hall–Kier alpha value is -2.27. The fourth-order valence-corrected chi connectivity index (χ4v) is 6.04. The summed E-state index contributed by atoms with van der Waals surface area (Å²) in [7, 11) is -1.22. The van der Waals surface area contributed by atoms with E-state index in [0.717, 1.165) is 11.8 Å². The Labute approximate surface area is 179 Å². The molecule has 1 aromatic carbocycles. The summed E-state index contributed by atoms with van der Waals surface area (Å²) in [5, 5.41) is 8.22. The number of hydrogen-bond acceptors (Lipinski definition) is 9. The number of nitrogens with zero attached hydrogens (tertiary/aromatic N) is 3. The van der Waals surface area contributed by atoms with Gasteiger partial charge in [0.1, 0.15) is 6.61 Å². The van der Waals surface area contributed by atoms with Crippen molar-refractivity contribution >= 4 is 27.5 Å². The van der Waals surface area contributed by atoms with Crippen LogP contribution in [-0.2, 0) is 21.1 Å². The molecule has 0 unspecified atom stereocenters. The molecule has 0 saturated carbocycles. The predicted molar refractivity (Wildman–Crippen MR) is 109 cm³/mol. The van der Waals surface area contributed by atoms with Crippen molar-refractivity contribution < 1.29 is 27.1 Å². The van der Waals surface area contributed by atoms with Gasteiger partial charge in [-0.2, -0.15) is 0 Å². The number of carbonyl (C=O) groups excluding carboxylic acids is 1. The van der Waals surface area contributed by atoms with Gasteiger partial charge >= 0.3 is 0 Å². The van der Waals surface area contributed by atoms with Crippen LogP contribution in [0.15, 0.2) is 33.9 Å². The summed E-state index contributed by atoms with van der Waals surface area (Å²) in [4.78, 5) is 14.0. The van der Waals surface area contributed by atoms with E-state index in [1.54, 1.807) is 11.9 Å². The summed E-state index contributed by atoms with van der Waals surface area (Å²) in [5.41, 5.74) is 0. The smallest absolute Gasteiger partial charge is 0.277 e. The largest absolute Gasteiger partial charge is 0.486 e. The van der Waals surface area contributed by atoms with Crippen LogP contribution in [0.4, 0.5) is 0 Å². The van der Waals surface area contributed by atoms with Crippen molar-refractivity contribution in [2.45, 2.75) is 24.2 Å². The van der Waals surface area contributed by atoms with Crippen LogP contribution in [-0.4, -0.2) is 73.0 Å². The van der Waals surface area contributed by atoms with Crippen LogP contribution in [0.1, 0.15) is 12.3 Å². The Kier molecular flexibility index (Phi) is 6.19. The quantitative estimate of drug-likeness (QED) is 0.575. The molecular formula is C19H23N3O6S2. The van der Waals surface area contributed by atoms with Gasteiger partial charge in [-0.15, -0.1) is 10.2 Å². The average molecular weight is 454 g/mol. The lowest BCUT2D eigenvalue weighted by atomic mass is 10.1. The first-order valence-corrected chi connectivity index (χ1v) is 12.5. The number of para-hydroxylation sites is 2. The second kappa shape index (κ2) is 8.84. The number of rotatable bonds is 7. The SMILES string of the molecule is CN(C[C@H]1COc2ccccc2O1)C(=O)CSc1nnc(C[C@H]2CCS(=O)(=O)C2)o1. The van der Waals surface area contributed by atoms with E-state index < -0.39 is 9.84 Å². The van der Waals surface area contributed by atoms with Gasteiger partial charge in [0.25, 0.3) is 5.22 Å². The van der Waals surface area contributed by atoms with Crippen molar-refractivity contribution in [2.75, 3.05) is 37.5 Å². The highest BCUT2D eigenvalue weighted by Crippen LogP contribution is 2.31. The number of fused-ring (bicyclic) bond motifs is 1. The first-order valence-electron chi connectivity index (χ1n) is 9.66. The monoisotopic (exact) mass is 453 g/mol. The Balaban J connectivity index is 1.22. The van der Waals surface area contributed by atoms with Crippen molar-refractivity contribution in [3.63, 3.8) is 0 Å². The topological polar surface area (TPSA) is 112 Å². The Morgan fingerprint density at radius 3 is 2.83 bits per heavy atom. The van der Waals surface area contributed by atoms with Gasteiger partial charge in [0.15, 0.2) is 27.4 Å². The van der Waals surface area contributed by atoms with Crippen molar-refractivity contribution in [2.24, 2.45) is 5.92 Å². The lowest BCUT2D eigenvalue weighted by molar-refractivity contribution is -0.128. The number of carbonyl (C=O) groups is 1. The molecule has 9 nitrogen and oxygen atoms in total. The van der Waals surface area contributed by atoms with Crippen molar-refractivity contribution in [1.82, 2.24) is 15.1 Å². The molecule has 0 radical (unpaired) electrons. The van der Waals surface area contributed by atoms with Crippen LogP contribution >= 0.6 is 11.8 Å². The normalized spacial score (nSPS) is 22.0. The van der Waals surface area contributed by atoms with Crippen LogP contribution < -0.4 is 9.47 Å². The molecule has 0 aliphatic carbocycles. The summed E-state index contributed by atoms with van der Waals surface area (Å²) in [5.74, 6) is 2.26. The molecule has 30 heavy (non-hydrogen) atoms. The van der Waals surface area contributed by atoms with E-state index in [9.17, 15) is 13.2 Å². The third kappa shape index (κ3) is 5.25. The van der Waals surface area contributed by atoms with Gasteiger partial charge in [-0.05, 0) is 24.5 Å². The fraction of sp³-hybridized carbons (Fsp3) is 0.526. The highest BCUT2D eigenvalue weighted by Gasteiger charge is 2.29. The molecule has 11 heteroatoms. The van der Waals surface area contributed by atoms with E-state index in [-0.39, 0.29) is 35.2 Å². The molecule has 2 aromatic rings. The third-order valence-corrected chi connectivity index (χ3v) is 7.67. The van der Waals surface area contributed by atoms with E-state index in [1.165, 1.54) is 0 Å². The van der Waals surface area contributed by atoms with Crippen molar-refractivity contribution in [3.05, 3.63) is 30.2 Å². The number of ether oxygens (including phenoxy) is 2. The van der Waals surface area contributed by atoms with Crippen LogP contribution in [0.25, 0.3) is 0 Å². The van der Waals surface area contributed by atoms with Gasteiger partial charge in [0.2, 0.25) is 11.8 Å². The average Bonchev–Trinajstić information content (AvgIpc) is 3.31. The molecule has 1 aromatic heterocycles. The highest BCUT2D eigenvalue weighted by atomic mass is 32.2. The lowest BCUT2D eigenvalue weighted by Gasteiger charge is -2.29. The molecule has 3 heterocycles. The Bertz CT molecular complexity index is 1010. The number of aromatic nitrogens is 2. The summed E-state index contributed by atoms with van der Waals surface area (Å²) >= 11 is 1.16. The fourth-order valence-electron chi connectivity index (χ4n) is 3.45. The van der Waals surface area contributed by atoms with Crippen LogP contribution in [0.3, 0.4) is 0 Å². The van der Waals surface area contributed by atoms with E-state index in [2.05, 4.69) is 10.2 Å². The number of thioether (sulfide) groups is 1. The summed E-state index contributed by atoms with van der Waals surface area (Å²) in [6.07, 6.45) is 0.825. The van der Waals surface area contributed by atoms with Gasteiger partial charge in [0.05, 0.1) is 23.8 Å². The third-order valence-electron chi connectivity index (χ3n) is 5.03. The van der Waals surface area contributed by atoms with Gasteiger partial charge in [-0.3, -0.25) is 4.79 Å². The molecule has 0 N–H and O–H groups in total. The molecule has 1 fully saturated rings. The van der Waals surface area contributed by atoms with Crippen LogP contribution in [0.5, 0.6) is 11.5 Å². The zero-order valence-electron chi connectivity index (χ0n) is 16.5. The molecule has 0 spiro atoms. The zero-order chi connectivity index (χ0) is 21.1. The van der Waals surface area contributed by atoms with Gasteiger partial charge < -0.3 is 18.8 Å². The molecule has 2 aliphatic rings. The minimum absolute atomic E-state index is 0.0175. The second-order valence-corrected chi connectivity index (χ2v) is 10.7. The number of sulfone groups is 1. The molecule has 1 saturated heterocycles. The lowest BCUT2D eigenvalue weighted by Crippen LogP contribution is -2.42. The van der Waals surface area contributed by atoms with Crippen LogP contribution in [0, 0.1) is 5.92 Å². The van der Waals surface area contributed by atoms with E-state index in [1.807, 2.05) is 24.3 Å². The number of likely N-dealkylation sites (N-methyl/N-ethyl adjacent to an activating group) is 1. The molecule has 0 bridgehead atoms. The van der Waals surface area contributed by atoms with E-state index in [0.29, 0.717) is 48.6 Å². The molecule has 1 amide bonds. The highest BCUT2D eigenvalue weighted by molar-refractivity contribution is 7.99. The number of benzene rings is 1. The maximum Gasteiger partial charge on any atom is 0.277 e. The first-order chi connectivity index (χ1) is 14.4. The molecule has 2 atom stereocenters. The molecule has 162 valence electrons. The first kappa shape index (κ1) is 21.0. The maximum absolute atomic E-state index is 12.4. The van der Waals surface area contributed by atoms with Crippen LogP contribution in [0.2, 0.25) is 0 Å². The summed E-state index contributed by atoms with van der Waals surface area (Å²) in [6, 6.07) is 7.45. The minimum atomic E-state index is -2.93. The summed E-state index contributed by atoms with van der Waals surface area (Å²) in [6.45, 7) is 0.782. The standard InChI is InChI=1S/C19H23N3O6S2/c1-22(9-14-10-26-15-4-2-3-5-16(15)27-14)18(23)11-29-19-21-20-17(28-19)8-13-6-7-30(24,25)12-13/h2-5,13-14H,6-12H2,1H3/t13-,14+/m1/s1. The van der Waals surface area contributed by atoms with Gasteiger partial charge in [0, 0.05) is 13.5 Å². The van der Waals surface area contributed by atoms with Gasteiger partial charge in [-0.1, -0.05) is 23.9 Å². The summed E-state index contributed by atoms with van der Waals surface area (Å²) < 4.78 is 40.2. The predicted octanol–water partition coefficient (Wildman–Crippen LogP) is 1.44. The minimum Gasteiger partial charge on any atom is -0.486 e. The Morgan fingerprint density at radius 2 is 2.07 bits per heavy atom. The van der Waals surface area contributed by atoms with E-state index >= 15 is 0 Å². The molecular weight excluding hydrogens is 430 g/mol. The second-order valence-electron chi connectivity index (χ2n) is 7.50. The molecule has 4 rings (SSSR count). The Morgan fingerprint density at radius 1 is 1.27 bits per heavy atom. The van der Waals surface area contributed by atoms with Crippen molar-refractivity contribution in [1.29, 1.82) is 0 Å². The zero-order valence-corrected chi connectivity index (χ0v) is 18.2. The number of hydrogen-bond donors (Lipinski definition) is 0. The number of amides is 1.